The van der Waals surface area contributed by atoms with Gasteiger partial charge in [-0.25, -0.2) is 4.99 Å². The first-order chi connectivity index (χ1) is 13.7. The summed E-state index contributed by atoms with van der Waals surface area (Å²) < 4.78 is 0. The fraction of sp³-hybridized carbons (Fsp3) is 0.364. The molecule has 6 heteroatoms. The maximum Gasteiger partial charge on any atom is 0.223 e. The zero-order valence-electron chi connectivity index (χ0n) is 16.2. The van der Waals surface area contributed by atoms with Crippen LogP contribution in [0.2, 0.25) is 5.02 Å². The molecule has 5 nitrogen and oxygen atoms in total. The molecule has 0 aliphatic carbocycles. The molecule has 0 unspecified atom stereocenters. The molecular weight excluding hydrogens is 372 g/mol. The molecule has 0 spiro atoms. The van der Waals surface area contributed by atoms with Crippen molar-refractivity contribution >= 4 is 23.5 Å². The average Bonchev–Trinajstić information content (AvgIpc) is 3.13. The summed E-state index contributed by atoms with van der Waals surface area (Å²) in [6.07, 6.45) is 1.31. The molecule has 28 heavy (non-hydrogen) atoms. The lowest BCUT2D eigenvalue weighted by atomic mass is 10.1. The van der Waals surface area contributed by atoms with Gasteiger partial charge >= 0.3 is 0 Å². The number of halogens is 1. The lowest BCUT2D eigenvalue weighted by Crippen LogP contribution is -2.38. The number of fused-ring (bicyclic) bond motifs is 1. The van der Waals surface area contributed by atoms with E-state index < -0.39 is 0 Å². The quantitative estimate of drug-likeness (QED) is 0.424. The molecular formula is C22H27ClN4O. The zero-order chi connectivity index (χ0) is 19.8. The number of amides is 1. The summed E-state index contributed by atoms with van der Waals surface area (Å²) in [6.45, 7) is 5.53. The van der Waals surface area contributed by atoms with E-state index in [-0.39, 0.29) is 5.91 Å². The summed E-state index contributed by atoms with van der Waals surface area (Å²) in [4.78, 5) is 19.0. The molecule has 1 aliphatic rings. The van der Waals surface area contributed by atoms with Crippen molar-refractivity contribution in [2.45, 2.75) is 39.4 Å². The standard InChI is InChI=1S/C22H27ClN4O/c1-2-24-22(26-14-17-7-5-10-20(23)13-17)25-12-6-11-21(28)27-15-18-8-3-4-9-19(18)16-27/h3-5,7-10,13H,2,6,11-12,14-16H2,1H3,(H2,24,25,26). The Labute approximate surface area is 171 Å². The Balaban J connectivity index is 1.42. The van der Waals surface area contributed by atoms with Gasteiger partial charge in [-0.05, 0) is 42.2 Å². The molecule has 0 saturated carbocycles. The van der Waals surface area contributed by atoms with E-state index in [4.69, 9.17) is 11.6 Å². The van der Waals surface area contributed by atoms with Crippen LogP contribution in [0.15, 0.2) is 53.5 Å². The van der Waals surface area contributed by atoms with Gasteiger partial charge in [-0.2, -0.15) is 0 Å². The topological polar surface area (TPSA) is 56.7 Å². The number of benzene rings is 2. The van der Waals surface area contributed by atoms with Gasteiger partial charge in [0.15, 0.2) is 5.96 Å². The summed E-state index contributed by atoms with van der Waals surface area (Å²) in [6, 6.07) is 16.0. The largest absolute Gasteiger partial charge is 0.357 e. The highest BCUT2D eigenvalue weighted by atomic mass is 35.5. The summed E-state index contributed by atoms with van der Waals surface area (Å²) >= 11 is 6.02. The van der Waals surface area contributed by atoms with Crippen LogP contribution in [0.4, 0.5) is 0 Å². The van der Waals surface area contributed by atoms with Gasteiger partial charge in [0.1, 0.15) is 0 Å². The summed E-state index contributed by atoms with van der Waals surface area (Å²) in [5, 5.41) is 7.25. The third-order valence-electron chi connectivity index (χ3n) is 4.71. The Hall–Kier alpha value is -2.53. The normalized spacial score (nSPS) is 13.4. The van der Waals surface area contributed by atoms with Crippen molar-refractivity contribution in [2.24, 2.45) is 4.99 Å². The van der Waals surface area contributed by atoms with Gasteiger partial charge in [-0.15, -0.1) is 0 Å². The Morgan fingerprint density at radius 3 is 2.54 bits per heavy atom. The van der Waals surface area contributed by atoms with E-state index >= 15 is 0 Å². The SMILES string of the molecule is CCNC(=NCc1cccc(Cl)c1)NCCCC(=O)N1Cc2ccccc2C1. The molecule has 2 aromatic carbocycles. The highest BCUT2D eigenvalue weighted by molar-refractivity contribution is 6.30. The third-order valence-corrected chi connectivity index (χ3v) is 4.94. The van der Waals surface area contributed by atoms with E-state index in [0.29, 0.717) is 24.5 Å². The molecule has 1 aliphatic heterocycles. The zero-order valence-corrected chi connectivity index (χ0v) is 17.0. The van der Waals surface area contributed by atoms with Crippen LogP contribution in [-0.2, 0) is 24.4 Å². The van der Waals surface area contributed by atoms with E-state index in [9.17, 15) is 4.79 Å². The minimum absolute atomic E-state index is 0.207. The van der Waals surface area contributed by atoms with Crippen LogP contribution in [0.1, 0.15) is 36.5 Å². The number of carbonyl (C=O) groups is 1. The maximum absolute atomic E-state index is 12.5. The second-order valence-corrected chi connectivity index (χ2v) is 7.31. The second-order valence-electron chi connectivity index (χ2n) is 6.87. The van der Waals surface area contributed by atoms with Crippen LogP contribution >= 0.6 is 11.6 Å². The predicted molar refractivity (Wildman–Crippen MR) is 114 cm³/mol. The number of hydrogen-bond donors (Lipinski definition) is 2. The van der Waals surface area contributed by atoms with Gasteiger partial charge in [0, 0.05) is 37.6 Å². The van der Waals surface area contributed by atoms with Crippen molar-refractivity contribution in [3.63, 3.8) is 0 Å². The summed E-state index contributed by atoms with van der Waals surface area (Å²) in [5.41, 5.74) is 3.58. The number of nitrogens with zero attached hydrogens (tertiary/aromatic N) is 2. The Morgan fingerprint density at radius 1 is 1.11 bits per heavy atom. The summed E-state index contributed by atoms with van der Waals surface area (Å²) in [7, 11) is 0. The van der Waals surface area contributed by atoms with Crippen LogP contribution in [-0.4, -0.2) is 29.9 Å². The number of rotatable bonds is 7. The highest BCUT2D eigenvalue weighted by Gasteiger charge is 2.22. The Kier molecular flexibility index (Phi) is 7.31. The van der Waals surface area contributed by atoms with Crippen molar-refractivity contribution in [3.8, 4) is 0 Å². The van der Waals surface area contributed by atoms with E-state index in [0.717, 1.165) is 37.6 Å². The first kappa shape index (κ1) is 20.2. The van der Waals surface area contributed by atoms with Crippen molar-refractivity contribution in [1.82, 2.24) is 15.5 Å². The van der Waals surface area contributed by atoms with Crippen molar-refractivity contribution in [1.29, 1.82) is 0 Å². The minimum Gasteiger partial charge on any atom is -0.357 e. The van der Waals surface area contributed by atoms with Crippen LogP contribution < -0.4 is 10.6 Å². The van der Waals surface area contributed by atoms with Gasteiger partial charge in [0.25, 0.3) is 0 Å². The van der Waals surface area contributed by atoms with E-state index in [1.807, 2.05) is 48.2 Å². The van der Waals surface area contributed by atoms with Crippen LogP contribution in [0, 0.1) is 0 Å². The maximum atomic E-state index is 12.5. The Bertz CT molecular complexity index is 812. The van der Waals surface area contributed by atoms with Gasteiger partial charge in [-0.3, -0.25) is 4.79 Å². The van der Waals surface area contributed by atoms with E-state index in [2.05, 4.69) is 27.8 Å². The molecule has 1 heterocycles. The van der Waals surface area contributed by atoms with Gasteiger partial charge < -0.3 is 15.5 Å². The molecule has 0 bridgehead atoms. The fourth-order valence-electron chi connectivity index (χ4n) is 3.26. The molecule has 0 saturated heterocycles. The molecule has 0 atom stereocenters. The monoisotopic (exact) mass is 398 g/mol. The predicted octanol–water partition coefficient (Wildman–Crippen LogP) is 3.72. The van der Waals surface area contributed by atoms with Crippen molar-refractivity contribution < 1.29 is 4.79 Å². The molecule has 0 aromatic heterocycles. The van der Waals surface area contributed by atoms with Crippen LogP contribution in [0.5, 0.6) is 0 Å². The smallest absolute Gasteiger partial charge is 0.223 e. The first-order valence-electron chi connectivity index (χ1n) is 9.77. The molecule has 2 N–H and O–H groups in total. The number of nitrogens with one attached hydrogen (secondary N) is 2. The van der Waals surface area contributed by atoms with Crippen molar-refractivity contribution in [2.75, 3.05) is 13.1 Å². The summed E-state index contributed by atoms with van der Waals surface area (Å²) in [5.74, 6) is 0.961. The number of aliphatic imine (C=N–C) groups is 1. The highest BCUT2D eigenvalue weighted by Crippen LogP contribution is 2.22. The lowest BCUT2D eigenvalue weighted by Gasteiger charge is -2.16. The Morgan fingerprint density at radius 2 is 1.86 bits per heavy atom. The minimum atomic E-state index is 0.207. The van der Waals surface area contributed by atoms with Crippen LogP contribution in [0.25, 0.3) is 0 Å². The fourth-order valence-corrected chi connectivity index (χ4v) is 3.47. The van der Waals surface area contributed by atoms with E-state index in [1.54, 1.807) is 0 Å². The molecule has 0 radical (unpaired) electrons. The van der Waals surface area contributed by atoms with Crippen LogP contribution in [0.3, 0.4) is 0 Å². The first-order valence-corrected chi connectivity index (χ1v) is 10.1. The average molecular weight is 399 g/mol. The third kappa shape index (κ3) is 5.73. The van der Waals surface area contributed by atoms with Crippen molar-refractivity contribution in [3.05, 3.63) is 70.2 Å². The number of hydrogen-bond acceptors (Lipinski definition) is 2. The van der Waals surface area contributed by atoms with Gasteiger partial charge in [0.05, 0.1) is 6.54 Å². The molecule has 0 fully saturated rings. The molecule has 1 amide bonds. The molecule has 148 valence electrons. The second kappa shape index (κ2) is 10.1. The van der Waals surface area contributed by atoms with E-state index in [1.165, 1.54) is 11.1 Å². The van der Waals surface area contributed by atoms with Gasteiger partial charge in [0.2, 0.25) is 5.91 Å². The molecule has 2 aromatic rings. The molecule has 3 rings (SSSR count). The van der Waals surface area contributed by atoms with Gasteiger partial charge in [-0.1, -0.05) is 48.0 Å². The number of guanidine groups is 1. The number of carbonyl (C=O) groups excluding carboxylic acids is 1. The lowest BCUT2D eigenvalue weighted by molar-refractivity contribution is -0.131.